The van der Waals surface area contributed by atoms with E-state index in [1.165, 1.54) is 18.3 Å². The molecule has 1 aliphatic rings. The highest BCUT2D eigenvalue weighted by Crippen LogP contribution is 2.39. The molecule has 1 amide bonds. The van der Waals surface area contributed by atoms with Crippen molar-refractivity contribution in [1.29, 1.82) is 0 Å². The molecular weight excluding hydrogens is 362 g/mol. The van der Waals surface area contributed by atoms with Crippen molar-refractivity contribution >= 4 is 17.4 Å². The standard InChI is InChI=1S/C21H23NO6/c1-3-10-27-15-7-4-6-14(13-15)19(23)17-18(16-8-5-11-28-16)22(9-12-26-2)21(25)20(17)24/h4-8,11,13,18,23H,3,9-10,12H2,1-2H3/b19-17-. The smallest absolute Gasteiger partial charge is 0.295 e. The van der Waals surface area contributed by atoms with Crippen molar-refractivity contribution in [3.8, 4) is 5.75 Å². The molecule has 1 unspecified atom stereocenters. The minimum atomic E-state index is -0.814. The molecule has 1 N–H and O–H groups in total. The first kappa shape index (κ1) is 19.7. The molecule has 1 aromatic heterocycles. The van der Waals surface area contributed by atoms with Gasteiger partial charge >= 0.3 is 0 Å². The minimum Gasteiger partial charge on any atom is -0.507 e. The SMILES string of the molecule is CCCOc1cccc(/C(O)=C2/C(=O)C(=O)N(CCOC)C2c2ccco2)c1. The zero-order chi connectivity index (χ0) is 20.1. The molecule has 1 atom stereocenters. The average Bonchev–Trinajstić information content (AvgIpc) is 3.32. The molecule has 0 aliphatic carbocycles. The molecule has 1 fully saturated rings. The molecule has 148 valence electrons. The molecule has 1 aliphatic heterocycles. The summed E-state index contributed by atoms with van der Waals surface area (Å²) in [6.45, 7) is 2.99. The van der Waals surface area contributed by atoms with Gasteiger partial charge in [0.15, 0.2) is 0 Å². The number of amides is 1. The zero-order valence-electron chi connectivity index (χ0n) is 15.9. The summed E-state index contributed by atoms with van der Waals surface area (Å²) in [6, 6.07) is 9.33. The first-order chi connectivity index (χ1) is 13.6. The fraction of sp³-hybridized carbons (Fsp3) is 0.333. The second-order valence-corrected chi connectivity index (χ2v) is 6.38. The number of Topliss-reactive ketones (excluding diaryl/α,β-unsaturated/α-hetero) is 1. The predicted molar refractivity (Wildman–Crippen MR) is 102 cm³/mol. The van der Waals surface area contributed by atoms with E-state index in [-0.39, 0.29) is 24.5 Å². The second kappa shape index (κ2) is 8.75. The summed E-state index contributed by atoms with van der Waals surface area (Å²) in [5.41, 5.74) is 0.388. The van der Waals surface area contributed by atoms with Crippen molar-refractivity contribution in [2.45, 2.75) is 19.4 Å². The molecule has 7 nitrogen and oxygen atoms in total. The summed E-state index contributed by atoms with van der Waals surface area (Å²) in [5, 5.41) is 10.9. The number of rotatable bonds is 8. The highest BCUT2D eigenvalue weighted by Gasteiger charge is 2.47. The van der Waals surface area contributed by atoms with E-state index in [4.69, 9.17) is 13.9 Å². The normalized spacial score (nSPS) is 18.6. The largest absolute Gasteiger partial charge is 0.507 e. The third kappa shape index (κ3) is 3.80. The lowest BCUT2D eigenvalue weighted by Crippen LogP contribution is -2.32. The van der Waals surface area contributed by atoms with Crippen LogP contribution in [0.1, 0.15) is 30.7 Å². The van der Waals surface area contributed by atoms with Crippen molar-refractivity contribution in [3.63, 3.8) is 0 Å². The number of aliphatic hydroxyl groups excluding tert-OH is 1. The fourth-order valence-electron chi connectivity index (χ4n) is 3.15. The highest BCUT2D eigenvalue weighted by molar-refractivity contribution is 6.46. The van der Waals surface area contributed by atoms with Crippen LogP contribution in [-0.4, -0.2) is 48.6 Å². The molecule has 0 radical (unpaired) electrons. The van der Waals surface area contributed by atoms with Gasteiger partial charge in [-0.2, -0.15) is 0 Å². The van der Waals surface area contributed by atoms with Gasteiger partial charge in [0.2, 0.25) is 0 Å². The number of carbonyl (C=O) groups excluding carboxylic acids is 2. The Labute approximate surface area is 163 Å². The molecule has 1 saturated heterocycles. The summed E-state index contributed by atoms with van der Waals surface area (Å²) >= 11 is 0. The van der Waals surface area contributed by atoms with E-state index < -0.39 is 17.7 Å². The molecule has 0 bridgehead atoms. The number of hydrogen-bond donors (Lipinski definition) is 1. The molecule has 7 heteroatoms. The molecule has 0 saturated carbocycles. The van der Waals surface area contributed by atoms with E-state index in [0.717, 1.165) is 6.42 Å². The van der Waals surface area contributed by atoms with Crippen molar-refractivity contribution in [2.24, 2.45) is 0 Å². The van der Waals surface area contributed by atoms with Gasteiger partial charge < -0.3 is 23.9 Å². The van der Waals surface area contributed by atoms with Gasteiger partial charge in [0.1, 0.15) is 23.3 Å². The molecule has 28 heavy (non-hydrogen) atoms. The van der Waals surface area contributed by atoms with Gasteiger partial charge in [0, 0.05) is 19.2 Å². The average molecular weight is 385 g/mol. The van der Waals surface area contributed by atoms with Crippen molar-refractivity contribution in [3.05, 3.63) is 59.6 Å². The summed E-state index contributed by atoms with van der Waals surface area (Å²) in [6.07, 6.45) is 2.31. The van der Waals surface area contributed by atoms with Gasteiger partial charge in [-0.15, -0.1) is 0 Å². The Bertz CT molecular complexity index is 871. The van der Waals surface area contributed by atoms with E-state index in [9.17, 15) is 14.7 Å². The van der Waals surface area contributed by atoms with Gasteiger partial charge in [-0.25, -0.2) is 0 Å². The summed E-state index contributed by atoms with van der Waals surface area (Å²) in [4.78, 5) is 26.7. The fourth-order valence-corrected chi connectivity index (χ4v) is 3.15. The number of nitrogens with zero attached hydrogens (tertiary/aromatic N) is 1. The Hall–Kier alpha value is -3.06. The predicted octanol–water partition coefficient (Wildman–Crippen LogP) is 3.14. The Morgan fingerprint density at radius 2 is 2.04 bits per heavy atom. The lowest BCUT2D eigenvalue weighted by atomic mass is 9.99. The molecule has 2 aromatic rings. The van der Waals surface area contributed by atoms with Crippen LogP contribution in [0.4, 0.5) is 0 Å². The number of benzene rings is 1. The van der Waals surface area contributed by atoms with Crippen LogP contribution in [0.25, 0.3) is 5.76 Å². The van der Waals surface area contributed by atoms with Crippen molar-refractivity contribution < 1.29 is 28.6 Å². The number of carbonyl (C=O) groups is 2. The van der Waals surface area contributed by atoms with Crippen LogP contribution in [0.15, 0.2) is 52.7 Å². The lowest BCUT2D eigenvalue weighted by Gasteiger charge is -2.22. The van der Waals surface area contributed by atoms with Crippen LogP contribution in [-0.2, 0) is 14.3 Å². The number of methoxy groups -OCH3 is 1. The summed E-state index contributed by atoms with van der Waals surface area (Å²) in [7, 11) is 1.51. The molecule has 2 heterocycles. The maximum absolute atomic E-state index is 12.7. The van der Waals surface area contributed by atoms with Crippen LogP contribution in [0.5, 0.6) is 5.75 Å². The van der Waals surface area contributed by atoms with E-state index in [2.05, 4.69) is 0 Å². The van der Waals surface area contributed by atoms with Crippen LogP contribution in [0.2, 0.25) is 0 Å². The Kier molecular flexibility index (Phi) is 6.16. The van der Waals surface area contributed by atoms with Crippen molar-refractivity contribution in [1.82, 2.24) is 4.90 Å². The lowest BCUT2D eigenvalue weighted by molar-refractivity contribution is -0.140. The summed E-state index contributed by atoms with van der Waals surface area (Å²) in [5.74, 6) is -0.737. The first-order valence-corrected chi connectivity index (χ1v) is 9.12. The quantitative estimate of drug-likeness (QED) is 0.427. The van der Waals surface area contributed by atoms with E-state index in [1.807, 2.05) is 6.92 Å². The Balaban J connectivity index is 2.06. The van der Waals surface area contributed by atoms with E-state index in [1.54, 1.807) is 36.4 Å². The maximum atomic E-state index is 12.7. The van der Waals surface area contributed by atoms with Gasteiger partial charge in [0.25, 0.3) is 11.7 Å². The Morgan fingerprint density at radius 3 is 2.71 bits per heavy atom. The molecular formula is C21H23NO6. The van der Waals surface area contributed by atoms with E-state index >= 15 is 0 Å². The molecule has 1 aromatic carbocycles. The van der Waals surface area contributed by atoms with Crippen LogP contribution < -0.4 is 4.74 Å². The molecule has 0 spiro atoms. The second-order valence-electron chi connectivity index (χ2n) is 6.38. The third-order valence-electron chi connectivity index (χ3n) is 4.47. The number of likely N-dealkylation sites (tertiary alicyclic amines) is 1. The van der Waals surface area contributed by atoms with Crippen LogP contribution >= 0.6 is 0 Å². The monoisotopic (exact) mass is 385 g/mol. The van der Waals surface area contributed by atoms with Gasteiger partial charge in [-0.05, 0) is 30.7 Å². The topological polar surface area (TPSA) is 89.2 Å². The minimum absolute atomic E-state index is 0.0105. The third-order valence-corrected chi connectivity index (χ3v) is 4.47. The Morgan fingerprint density at radius 1 is 1.21 bits per heavy atom. The number of furan rings is 1. The molecule has 3 rings (SSSR count). The maximum Gasteiger partial charge on any atom is 0.295 e. The van der Waals surface area contributed by atoms with Gasteiger partial charge in [-0.3, -0.25) is 9.59 Å². The highest BCUT2D eigenvalue weighted by atomic mass is 16.5. The first-order valence-electron chi connectivity index (χ1n) is 9.12. The number of hydrogen-bond acceptors (Lipinski definition) is 6. The summed E-state index contributed by atoms with van der Waals surface area (Å²) < 4.78 is 16.1. The van der Waals surface area contributed by atoms with Gasteiger partial charge in [-0.1, -0.05) is 19.1 Å². The number of ketones is 1. The van der Waals surface area contributed by atoms with Crippen LogP contribution in [0.3, 0.4) is 0 Å². The number of aliphatic hydroxyl groups is 1. The van der Waals surface area contributed by atoms with Crippen LogP contribution in [0, 0.1) is 0 Å². The van der Waals surface area contributed by atoms with E-state index in [0.29, 0.717) is 23.7 Å². The van der Waals surface area contributed by atoms with Crippen molar-refractivity contribution in [2.75, 3.05) is 26.9 Å². The zero-order valence-corrected chi connectivity index (χ0v) is 15.9. The number of ether oxygens (including phenoxy) is 2. The van der Waals surface area contributed by atoms with Gasteiger partial charge in [0.05, 0.1) is 25.1 Å².